The van der Waals surface area contributed by atoms with E-state index in [1.165, 1.54) is 0 Å². The molecule has 3 heterocycles. The van der Waals surface area contributed by atoms with Gasteiger partial charge >= 0.3 is 0 Å². The molecule has 0 unspecified atom stereocenters. The normalized spacial score (nSPS) is 11.0. The van der Waals surface area contributed by atoms with Gasteiger partial charge in [-0.3, -0.25) is 0 Å². The molecule has 0 aliphatic heterocycles. The zero-order chi connectivity index (χ0) is 14.6. The third-order valence-corrected chi connectivity index (χ3v) is 2.25. The smallest absolute Gasteiger partial charge is 0.230 e. The Morgan fingerprint density at radius 2 is 1.70 bits per heavy atom. The maximum absolute atomic E-state index is 8.49. The molecule has 3 aromatic rings. The van der Waals surface area contributed by atoms with Gasteiger partial charge in [-0.05, 0) is 0 Å². The van der Waals surface area contributed by atoms with Gasteiger partial charge in [-0.15, -0.1) is 10.2 Å². The van der Waals surface area contributed by atoms with Crippen LogP contribution in [0.4, 0.5) is 0 Å². The number of rotatable bonds is 1. The van der Waals surface area contributed by atoms with Gasteiger partial charge in [0, 0.05) is 18.2 Å². The minimum absolute atomic E-state index is 0.857. The van der Waals surface area contributed by atoms with Crippen LogP contribution in [0, 0.1) is 10.2 Å². The van der Waals surface area contributed by atoms with Crippen LogP contribution in [0.5, 0.6) is 0 Å². The predicted molar refractivity (Wildman–Crippen MR) is 54.5 cm³/mol. The highest BCUT2D eigenvalue weighted by molar-refractivity contribution is 5.37. The van der Waals surface area contributed by atoms with Gasteiger partial charge in [0.15, 0.2) is 18.0 Å². The SMILES string of the molecule is [O-][Cl+3]([O-])([O-])[O-].c1cc[n+](-c2cnc3ccnn3c2)cc1. The minimum atomic E-state index is -4.94. The maximum Gasteiger partial charge on any atom is 0.247 e. The van der Waals surface area contributed by atoms with E-state index in [9.17, 15) is 0 Å². The Morgan fingerprint density at radius 1 is 1.05 bits per heavy atom. The van der Waals surface area contributed by atoms with Gasteiger partial charge in [0.05, 0.1) is 6.20 Å². The van der Waals surface area contributed by atoms with E-state index in [4.69, 9.17) is 18.6 Å². The Morgan fingerprint density at radius 3 is 2.35 bits per heavy atom. The summed E-state index contributed by atoms with van der Waals surface area (Å²) < 4.78 is 37.7. The molecule has 0 aliphatic carbocycles. The van der Waals surface area contributed by atoms with E-state index in [2.05, 4.69) is 10.1 Å². The van der Waals surface area contributed by atoms with Gasteiger partial charge in [0.1, 0.15) is 12.4 Å². The molecular weight excluding hydrogens is 288 g/mol. The van der Waals surface area contributed by atoms with Crippen molar-refractivity contribution < 1.29 is 33.4 Å². The van der Waals surface area contributed by atoms with E-state index in [0.29, 0.717) is 0 Å². The van der Waals surface area contributed by atoms with E-state index in [1.807, 2.05) is 53.6 Å². The number of fused-ring (bicyclic) bond motifs is 1. The van der Waals surface area contributed by atoms with Crippen LogP contribution < -0.4 is 23.2 Å². The molecule has 8 nitrogen and oxygen atoms in total. The fourth-order valence-electron chi connectivity index (χ4n) is 1.50. The fourth-order valence-corrected chi connectivity index (χ4v) is 1.50. The molecule has 20 heavy (non-hydrogen) atoms. The molecule has 0 bridgehead atoms. The minimum Gasteiger partial charge on any atom is -0.230 e. The molecular formula is C11H9ClN4O4. The topological polar surface area (TPSA) is 126 Å². The Kier molecular flexibility index (Phi) is 4.23. The average Bonchev–Trinajstić information content (AvgIpc) is 2.85. The van der Waals surface area contributed by atoms with Crippen LogP contribution in [0.1, 0.15) is 0 Å². The van der Waals surface area contributed by atoms with Crippen LogP contribution in [0.3, 0.4) is 0 Å². The van der Waals surface area contributed by atoms with Crippen molar-refractivity contribution in [2.24, 2.45) is 0 Å². The standard InChI is InChI=1S/C11H9N4.ClHO4/c1-2-6-14(7-3-1)10-8-12-11-4-5-13-15(11)9-10;2-1(3,4)5/h1-9H;(H,2,3,4,5)/q+1;/p-1. The van der Waals surface area contributed by atoms with Crippen LogP contribution in [0.15, 0.2) is 55.2 Å². The number of aromatic nitrogens is 4. The van der Waals surface area contributed by atoms with Crippen LogP contribution >= 0.6 is 0 Å². The first-order valence-electron chi connectivity index (χ1n) is 5.31. The van der Waals surface area contributed by atoms with Crippen molar-refractivity contribution >= 4 is 5.65 Å². The molecule has 0 radical (unpaired) electrons. The largest absolute Gasteiger partial charge is 0.247 e. The molecule has 9 heteroatoms. The van der Waals surface area contributed by atoms with Crippen LogP contribution in [-0.4, -0.2) is 14.6 Å². The lowest BCUT2D eigenvalue weighted by Gasteiger charge is -2.17. The van der Waals surface area contributed by atoms with Gasteiger partial charge in [-0.25, -0.2) is 28.1 Å². The summed E-state index contributed by atoms with van der Waals surface area (Å²) in [5, 5.41) is 4.15. The lowest BCUT2D eigenvalue weighted by atomic mass is 10.4. The summed E-state index contributed by atoms with van der Waals surface area (Å²) >= 11 is 0. The second kappa shape index (κ2) is 5.90. The second-order valence-corrected chi connectivity index (χ2v) is 4.36. The third kappa shape index (κ3) is 4.23. The molecule has 104 valence electrons. The second-order valence-electron chi connectivity index (χ2n) is 3.61. The first-order chi connectivity index (χ1) is 9.43. The van der Waals surface area contributed by atoms with Gasteiger partial charge < -0.3 is 0 Å². The van der Waals surface area contributed by atoms with Crippen molar-refractivity contribution in [1.82, 2.24) is 14.6 Å². The Balaban J connectivity index is 0.000000257. The summed E-state index contributed by atoms with van der Waals surface area (Å²) in [6.07, 6.45) is 9.47. The Labute approximate surface area is 115 Å². The fraction of sp³-hybridized carbons (Fsp3) is 0. The first kappa shape index (κ1) is 14.3. The Bertz CT molecular complexity index is 677. The molecule has 3 aromatic heterocycles. The molecule has 3 rings (SSSR count). The van der Waals surface area contributed by atoms with Crippen LogP contribution in [0.25, 0.3) is 11.3 Å². The highest BCUT2D eigenvalue weighted by Crippen LogP contribution is 2.00. The van der Waals surface area contributed by atoms with Crippen molar-refractivity contribution in [3.8, 4) is 5.69 Å². The molecule has 0 aromatic carbocycles. The molecule has 0 fully saturated rings. The summed E-state index contributed by atoms with van der Waals surface area (Å²) in [6, 6.07) is 7.82. The number of hydrogen-bond acceptors (Lipinski definition) is 6. The number of nitrogens with zero attached hydrogens (tertiary/aromatic N) is 4. The molecule has 0 saturated heterocycles. The highest BCUT2D eigenvalue weighted by atomic mass is 35.7. The van der Waals surface area contributed by atoms with Crippen LogP contribution in [0.2, 0.25) is 0 Å². The van der Waals surface area contributed by atoms with E-state index in [1.54, 1.807) is 10.7 Å². The molecule has 0 spiro atoms. The lowest BCUT2D eigenvalue weighted by molar-refractivity contribution is -2.00. The van der Waals surface area contributed by atoms with Gasteiger partial charge in [-0.1, -0.05) is 6.07 Å². The first-order valence-corrected chi connectivity index (χ1v) is 6.55. The van der Waals surface area contributed by atoms with E-state index in [-0.39, 0.29) is 0 Å². The van der Waals surface area contributed by atoms with Crippen molar-refractivity contribution in [2.75, 3.05) is 0 Å². The zero-order valence-corrected chi connectivity index (χ0v) is 10.8. The molecule has 0 aliphatic rings. The summed E-state index contributed by atoms with van der Waals surface area (Å²) in [4.78, 5) is 4.30. The number of halogens is 1. The third-order valence-electron chi connectivity index (χ3n) is 2.25. The van der Waals surface area contributed by atoms with E-state index >= 15 is 0 Å². The maximum atomic E-state index is 8.49. The Hall–Kier alpha value is -2.10. The van der Waals surface area contributed by atoms with E-state index < -0.39 is 10.2 Å². The summed E-state index contributed by atoms with van der Waals surface area (Å²) in [5.74, 6) is 0. The van der Waals surface area contributed by atoms with Crippen molar-refractivity contribution in [3.05, 3.63) is 55.2 Å². The molecule has 0 saturated carbocycles. The van der Waals surface area contributed by atoms with Gasteiger partial charge in [0.25, 0.3) is 0 Å². The zero-order valence-electron chi connectivity index (χ0n) is 10.00. The van der Waals surface area contributed by atoms with Gasteiger partial charge in [-0.2, -0.15) is 9.67 Å². The van der Waals surface area contributed by atoms with Crippen LogP contribution in [-0.2, 0) is 0 Å². The molecule has 0 amide bonds. The summed E-state index contributed by atoms with van der Waals surface area (Å²) in [7, 11) is -4.94. The highest BCUT2D eigenvalue weighted by Gasteiger charge is 2.06. The average molecular weight is 297 g/mol. The summed E-state index contributed by atoms with van der Waals surface area (Å²) in [5.41, 5.74) is 1.85. The quantitative estimate of drug-likeness (QED) is 0.425. The van der Waals surface area contributed by atoms with Crippen molar-refractivity contribution in [2.45, 2.75) is 0 Å². The molecule has 0 N–H and O–H groups in total. The van der Waals surface area contributed by atoms with Crippen molar-refractivity contribution in [3.63, 3.8) is 0 Å². The van der Waals surface area contributed by atoms with Gasteiger partial charge in [0.2, 0.25) is 5.69 Å². The number of hydrogen-bond donors (Lipinski definition) is 0. The lowest BCUT2D eigenvalue weighted by Crippen LogP contribution is -2.68. The predicted octanol–water partition coefficient (Wildman–Crippen LogP) is -3.75. The number of pyridine rings is 1. The van der Waals surface area contributed by atoms with Crippen molar-refractivity contribution in [1.29, 1.82) is 0 Å². The monoisotopic (exact) mass is 296 g/mol. The summed E-state index contributed by atoms with van der Waals surface area (Å²) in [6.45, 7) is 0. The molecule has 0 atom stereocenters. The van der Waals surface area contributed by atoms with E-state index in [0.717, 1.165) is 11.3 Å².